The molecule has 10 heteroatoms. The van der Waals surface area contributed by atoms with Crippen molar-refractivity contribution in [3.63, 3.8) is 0 Å². The summed E-state index contributed by atoms with van der Waals surface area (Å²) >= 11 is 0. The number of pyridine rings is 1. The Bertz CT molecular complexity index is 1650. The lowest BCUT2D eigenvalue weighted by Crippen LogP contribution is -2.30. The number of anilines is 1. The topological polar surface area (TPSA) is 121 Å². The van der Waals surface area contributed by atoms with Gasteiger partial charge in [0.05, 0.1) is 23.0 Å². The Hall–Kier alpha value is -4.34. The lowest BCUT2D eigenvalue weighted by Gasteiger charge is -2.33. The minimum atomic E-state index is -0.519. The summed E-state index contributed by atoms with van der Waals surface area (Å²) in [7, 11) is 1.79. The van der Waals surface area contributed by atoms with E-state index in [1.54, 1.807) is 17.8 Å². The highest BCUT2D eigenvalue weighted by Crippen LogP contribution is 2.46. The molecule has 2 aromatic carbocycles. The molecule has 2 atom stereocenters. The van der Waals surface area contributed by atoms with E-state index >= 15 is 0 Å². The van der Waals surface area contributed by atoms with Crippen molar-refractivity contribution >= 4 is 27.4 Å². The van der Waals surface area contributed by atoms with E-state index in [1.807, 2.05) is 18.2 Å². The zero-order valence-corrected chi connectivity index (χ0v) is 16.8. The van der Waals surface area contributed by atoms with Gasteiger partial charge in [0.1, 0.15) is 18.0 Å². The molecule has 0 amide bonds. The van der Waals surface area contributed by atoms with Gasteiger partial charge in [0.25, 0.3) is 5.56 Å². The van der Waals surface area contributed by atoms with Gasteiger partial charge in [0.2, 0.25) is 5.56 Å². The molecule has 0 radical (unpaired) electrons. The number of hydrogen-bond acceptors (Lipinski definition) is 6. The lowest BCUT2D eigenvalue weighted by atomic mass is 9.83. The molecule has 158 valence electrons. The van der Waals surface area contributed by atoms with Gasteiger partial charge in [-0.25, -0.2) is 14.5 Å². The Balaban J connectivity index is 1.64. The van der Waals surface area contributed by atoms with Gasteiger partial charge in [0.15, 0.2) is 0 Å². The Morgan fingerprint density at radius 3 is 2.78 bits per heavy atom. The molecule has 32 heavy (non-hydrogen) atoms. The van der Waals surface area contributed by atoms with Gasteiger partial charge in [-0.1, -0.05) is 6.07 Å². The van der Waals surface area contributed by atoms with Crippen LogP contribution in [0.5, 0.6) is 0 Å². The van der Waals surface area contributed by atoms with Crippen molar-refractivity contribution in [2.45, 2.75) is 12.0 Å². The molecule has 1 aliphatic rings. The first-order valence-electron chi connectivity index (χ1n) is 9.95. The molecule has 0 spiro atoms. The first-order valence-corrected chi connectivity index (χ1v) is 9.95. The van der Waals surface area contributed by atoms with Crippen molar-refractivity contribution in [1.82, 2.24) is 29.9 Å². The number of aromatic nitrogens is 6. The summed E-state index contributed by atoms with van der Waals surface area (Å²) in [5, 5.41) is 16.1. The van der Waals surface area contributed by atoms with E-state index in [1.165, 1.54) is 24.5 Å². The molecular weight excluding hydrogens is 413 g/mol. The van der Waals surface area contributed by atoms with E-state index in [-0.39, 0.29) is 17.0 Å². The molecule has 6 rings (SSSR count). The number of hydrogen-bond donors (Lipinski definition) is 3. The van der Waals surface area contributed by atoms with Crippen LogP contribution < -0.4 is 16.4 Å². The molecule has 0 saturated carbocycles. The fourth-order valence-corrected chi connectivity index (χ4v) is 4.54. The van der Waals surface area contributed by atoms with Crippen molar-refractivity contribution in [3.8, 4) is 0 Å². The van der Waals surface area contributed by atoms with Crippen LogP contribution in [-0.4, -0.2) is 29.9 Å². The highest BCUT2D eigenvalue weighted by atomic mass is 19.1. The fraction of sp³-hybridized carbons (Fsp3) is 0.136. The number of benzene rings is 2. The SMILES string of the molecule is Cn1ncnc1C1c2n[nH]c(=O)c3cc(F)cc(c23)NC1c1ccc2[nH]c(=O)ccc2c1. The molecule has 0 aliphatic carbocycles. The first-order chi connectivity index (χ1) is 15.5. The molecule has 4 heterocycles. The van der Waals surface area contributed by atoms with Gasteiger partial charge in [0, 0.05) is 29.7 Å². The maximum absolute atomic E-state index is 14.4. The molecule has 0 fully saturated rings. The maximum atomic E-state index is 14.4. The standard InChI is InChI=1S/C22H16FN7O2/c1-30-21(24-9-25-30)18-19(11-2-4-14-10(6-11)3-5-16(31)26-14)27-15-8-12(23)7-13-17(15)20(18)28-29-22(13)32/h2-9,18-19,27H,1H3,(H,26,31)(H,29,32). The second kappa shape index (κ2) is 6.58. The summed E-state index contributed by atoms with van der Waals surface area (Å²) in [5.41, 5.74) is 2.02. The molecule has 3 aromatic heterocycles. The van der Waals surface area contributed by atoms with Gasteiger partial charge in [-0.2, -0.15) is 10.2 Å². The Kier molecular flexibility index (Phi) is 3.79. The zero-order chi connectivity index (χ0) is 22.0. The Labute approximate surface area is 178 Å². The molecule has 5 aromatic rings. The van der Waals surface area contributed by atoms with E-state index in [2.05, 4.69) is 30.6 Å². The molecule has 0 saturated heterocycles. The highest BCUT2D eigenvalue weighted by Gasteiger charge is 2.37. The van der Waals surface area contributed by atoms with Gasteiger partial charge >= 0.3 is 0 Å². The normalized spacial score (nSPS) is 17.6. The van der Waals surface area contributed by atoms with Crippen molar-refractivity contribution in [1.29, 1.82) is 0 Å². The maximum Gasteiger partial charge on any atom is 0.272 e. The van der Waals surface area contributed by atoms with E-state index in [4.69, 9.17) is 0 Å². The van der Waals surface area contributed by atoms with E-state index in [0.717, 1.165) is 10.9 Å². The van der Waals surface area contributed by atoms with Crippen LogP contribution in [0.1, 0.15) is 29.0 Å². The summed E-state index contributed by atoms with van der Waals surface area (Å²) in [5.74, 6) is -0.297. The van der Waals surface area contributed by atoms with Gasteiger partial charge < -0.3 is 10.3 Å². The molecule has 1 aliphatic heterocycles. The van der Waals surface area contributed by atoms with Crippen molar-refractivity contribution in [2.24, 2.45) is 7.05 Å². The molecule has 9 nitrogen and oxygen atoms in total. The monoisotopic (exact) mass is 429 g/mol. The van der Waals surface area contributed by atoms with Crippen molar-refractivity contribution in [2.75, 3.05) is 5.32 Å². The number of H-pyrrole nitrogens is 2. The van der Waals surface area contributed by atoms with Gasteiger partial charge in [-0.15, -0.1) is 0 Å². The summed E-state index contributed by atoms with van der Waals surface area (Å²) in [6, 6.07) is 11.1. The minimum absolute atomic E-state index is 0.178. The van der Waals surface area contributed by atoms with Crippen LogP contribution in [0.3, 0.4) is 0 Å². The molecule has 0 bridgehead atoms. The smallest absolute Gasteiger partial charge is 0.272 e. The quantitative estimate of drug-likeness (QED) is 0.396. The van der Waals surface area contributed by atoms with E-state index in [0.29, 0.717) is 28.1 Å². The number of fused-ring (bicyclic) bond motifs is 1. The average Bonchev–Trinajstić information content (AvgIpc) is 3.20. The minimum Gasteiger partial charge on any atom is -0.376 e. The predicted octanol–water partition coefficient (Wildman–Crippen LogP) is 2.33. The summed E-state index contributed by atoms with van der Waals surface area (Å²) in [4.78, 5) is 31.3. The highest BCUT2D eigenvalue weighted by molar-refractivity contribution is 5.97. The zero-order valence-electron chi connectivity index (χ0n) is 16.8. The Morgan fingerprint density at radius 1 is 1.09 bits per heavy atom. The fourth-order valence-electron chi connectivity index (χ4n) is 4.54. The van der Waals surface area contributed by atoms with Gasteiger partial charge in [-0.05, 0) is 41.3 Å². The van der Waals surface area contributed by atoms with Crippen LogP contribution in [0, 0.1) is 5.82 Å². The lowest BCUT2D eigenvalue weighted by molar-refractivity contribution is 0.564. The number of rotatable bonds is 2. The third-order valence-corrected chi connectivity index (χ3v) is 5.95. The number of nitrogens with zero attached hydrogens (tertiary/aromatic N) is 4. The van der Waals surface area contributed by atoms with Crippen LogP contribution in [0.2, 0.25) is 0 Å². The molecule has 3 N–H and O–H groups in total. The van der Waals surface area contributed by atoms with E-state index < -0.39 is 17.3 Å². The summed E-state index contributed by atoms with van der Waals surface area (Å²) < 4.78 is 16.0. The molecule has 2 unspecified atom stereocenters. The van der Waals surface area contributed by atoms with Gasteiger partial charge in [-0.3, -0.25) is 14.3 Å². The van der Waals surface area contributed by atoms with Crippen molar-refractivity contribution < 1.29 is 4.39 Å². The molecular formula is C22H16FN7O2. The van der Waals surface area contributed by atoms with Crippen LogP contribution in [0.4, 0.5) is 10.1 Å². The summed E-state index contributed by atoms with van der Waals surface area (Å²) in [6.45, 7) is 0. The number of halogens is 1. The largest absolute Gasteiger partial charge is 0.376 e. The second-order valence-corrected chi connectivity index (χ2v) is 7.82. The third-order valence-electron chi connectivity index (χ3n) is 5.95. The van der Waals surface area contributed by atoms with Crippen molar-refractivity contribution in [3.05, 3.63) is 92.4 Å². The third kappa shape index (κ3) is 2.66. The van der Waals surface area contributed by atoms with Crippen LogP contribution in [0.15, 0.2) is 58.4 Å². The van der Waals surface area contributed by atoms with Crippen LogP contribution >= 0.6 is 0 Å². The Morgan fingerprint density at radius 2 is 1.97 bits per heavy atom. The predicted molar refractivity (Wildman–Crippen MR) is 116 cm³/mol. The van der Waals surface area contributed by atoms with E-state index in [9.17, 15) is 14.0 Å². The van der Waals surface area contributed by atoms with Crippen LogP contribution in [-0.2, 0) is 7.05 Å². The number of nitrogens with one attached hydrogen (secondary N) is 3. The second-order valence-electron chi connectivity index (χ2n) is 7.82. The number of aromatic amines is 2. The first kappa shape index (κ1) is 18.4. The summed E-state index contributed by atoms with van der Waals surface area (Å²) in [6.07, 6.45) is 1.46. The van der Waals surface area contributed by atoms with Crippen LogP contribution in [0.25, 0.3) is 21.7 Å². The number of aryl methyl sites for hydroxylation is 1. The average molecular weight is 429 g/mol.